The van der Waals surface area contributed by atoms with Crippen molar-refractivity contribution in [2.24, 2.45) is 0 Å². The van der Waals surface area contributed by atoms with E-state index in [9.17, 15) is 9.59 Å². The minimum Gasteiger partial charge on any atom is -0.444 e. The normalized spacial score (nSPS) is 17.0. The number of aromatic amines is 1. The number of benzene rings is 2. The fourth-order valence-electron chi connectivity index (χ4n) is 6.06. The maximum Gasteiger partial charge on any atom is 0.410 e. The number of carbonyl (C=O) groups excluding carboxylic acids is 2. The first-order valence-corrected chi connectivity index (χ1v) is 17.1. The number of nitrogens with zero attached hydrogens (tertiary/aromatic N) is 5. The SMILES string of the molecule is CC#Cc1ccc2nc([C@@H]3CCCN3C(=O)OC(C)(C)C)[nH]c2c1.Cc1ccc2nc(NC[C@@H]3CCCN3C(=O)OC(C)(C)C)ncc2c1.S.S. The van der Waals surface area contributed by atoms with Crippen LogP contribution in [0.15, 0.2) is 42.6 Å². The van der Waals surface area contributed by atoms with E-state index in [1.165, 1.54) is 5.56 Å². The lowest BCUT2D eigenvalue weighted by atomic mass is 10.2. The Morgan fingerprint density at radius 2 is 1.55 bits per heavy atom. The molecule has 2 atom stereocenters. The summed E-state index contributed by atoms with van der Waals surface area (Å²) in [5, 5.41) is 4.30. The number of rotatable bonds is 4. The monoisotopic (exact) mass is 735 g/mol. The van der Waals surface area contributed by atoms with Gasteiger partial charge in [0.05, 0.1) is 28.6 Å². The van der Waals surface area contributed by atoms with Crippen LogP contribution in [0.4, 0.5) is 15.5 Å². The third kappa shape index (κ3) is 11.2. The Labute approximate surface area is 315 Å². The number of hydrogen-bond donors (Lipinski definition) is 2. The molecule has 2 N–H and O–H groups in total. The molecule has 276 valence electrons. The Bertz CT molecular complexity index is 1870. The van der Waals surface area contributed by atoms with Gasteiger partial charge in [-0.1, -0.05) is 17.6 Å². The Morgan fingerprint density at radius 3 is 2.24 bits per heavy atom. The summed E-state index contributed by atoms with van der Waals surface area (Å²) in [5.74, 6) is 7.35. The predicted molar refractivity (Wildman–Crippen MR) is 213 cm³/mol. The summed E-state index contributed by atoms with van der Waals surface area (Å²) < 4.78 is 11.0. The Morgan fingerprint density at radius 1 is 0.902 bits per heavy atom. The molecule has 2 saturated heterocycles. The fraction of sp³-hybridized carbons (Fsp3) is 0.500. The highest BCUT2D eigenvalue weighted by molar-refractivity contribution is 7.59. The summed E-state index contributed by atoms with van der Waals surface area (Å²) in [6, 6.07) is 12.1. The molecule has 51 heavy (non-hydrogen) atoms. The average molecular weight is 736 g/mol. The van der Waals surface area contributed by atoms with Crippen LogP contribution in [0.25, 0.3) is 21.9 Å². The molecule has 2 aromatic heterocycles. The molecule has 0 bridgehead atoms. The van der Waals surface area contributed by atoms with Crippen LogP contribution in [0.3, 0.4) is 0 Å². The van der Waals surface area contributed by atoms with Crippen molar-refractivity contribution < 1.29 is 19.1 Å². The molecule has 2 aliphatic heterocycles. The first-order valence-electron chi connectivity index (χ1n) is 17.1. The molecular weight excluding hydrogens is 683 g/mol. The van der Waals surface area contributed by atoms with Gasteiger partial charge in [0.1, 0.15) is 17.0 Å². The highest BCUT2D eigenvalue weighted by Crippen LogP contribution is 2.33. The van der Waals surface area contributed by atoms with E-state index in [0.29, 0.717) is 19.0 Å². The minimum atomic E-state index is -0.494. The number of likely N-dealkylation sites (tertiary alicyclic amines) is 2. The highest BCUT2D eigenvalue weighted by atomic mass is 32.1. The zero-order valence-corrected chi connectivity index (χ0v) is 33.0. The maximum atomic E-state index is 12.4. The van der Waals surface area contributed by atoms with Crippen LogP contribution in [0, 0.1) is 18.8 Å². The highest BCUT2D eigenvalue weighted by Gasteiger charge is 2.35. The minimum absolute atomic E-state index is 0. The molecule has 2 amide bonds. The zero-order valence-electron chi connectivity index (χ0n) is 31.0. The number of amides is 2. The molecule has 0 radical (unpaired) electrons. The second-order valence-corrected chi connectivity index (χ2v) is 14.7. The van der Waals surface area contributed by atoms with Crippen molar-refractivity contribution in [3.8, 4) is 11.8 Å². The number of fused-ring (bicyclic) bond motifs is 2. The van der Waals surface area contributed by atoms with Crippen molar-refractivity contribution in [2.75, 3.05) is 25.0 Å². The number of ether oxygens (including phenoxy) is 2. The van der Waals surface area contributed by atoms with Crippen molar-refractivity contribution in [1.82, 2.24) is 29.7 Å². The number of carbonyl (C=O) groups is 2. The summed E-state index contributed by atoms with van der Waals surface area (Å²) in [4.78, 5) is 45.3. The molecule has 2 fully saturated rings. The summed E-state index contributed by atoms with van der Waals surface area (Å²) in [5.41, 5.74) is 3.93. The topological polar surface area (TPSA) is 126 Å². The van der Waals surface area contributed by atoms with E-state index in [4.69, 9.17) is 9.47 Å². The van der Waals surface area contributed by atoms with Crippen LogP contribution in [-0.4, -0.2) is 78.8 Å². The van der Waals surface area contributed by atoms with Gasteiger partial charge in [-0.25, -0.2) is 24.5 Å². The molecule has 4 aromatic rings. The van der Waals surface area contributed by atoms with E-state index in [0.717, 1.165) is 65.6 Å². The molecule has 11 nitrogen and oxygen atoms in total. The molecule has 6 rings (SSSR count). The number of hydrogen-bond acceptors (Lipinski definition) is 8. The van der Waals surface area contributed by atoms with Crippen LogP contribution in [-0.2, 0) is 9.47 Å². The summed E-state index contributed by atoms with van der Waals surface area (Å²) in [6.45, 7) is 17.2. The Balaban J connectivity index is 0.000000265. The number of aromatic nitrogens is 4. The number of nitrogens with one attached hydrogen (secondary N) is 2. The fourth-order valence-corrected chi connectivity index (χ4v) is 6.06. The second-order valence-electron chi connectivity index (χ2n) is 14.7. The Hall–Kier alpha value is -4.15. The molecule has 2 aromatic carbocycles. The predicted octanol–water partition coefficient (Wildman–Crippen LogP) is 7.98. The number of H-pyrrole nitrogens is 1. The third-order valence-corrected chi connectivity index (χ3v) is 8.20. The van der Waals surface area contributed by atoms with Crippen molar-refractivity contribution in [1.29, 1.82) is 0 Å². The van der Waals surface area contributed by atoms with E-state index < -0.39 is 11.2 Å². The van der Waals surface area contributed by atoms with Gasteiger partial charge in [-0.2, -0.15) is 27.0 Å². The smallest absolute Gasteiger partial charge is 0.410 e. The molecule has 0 unspecified atom stereocenters. The first kappa shape index (κ1) is 41.3. The van der Waals surface area contributed by atoms with Crippen molar-refractivity contribution >= 4 is 67.1 Å². The number of anilines is 1. The van der Waals surface area contributed by atoms with Crippen LogP contribution < -0.4 is 5.32 Å². The quantitative estimate of drug-likeness (QED) is 0.202. The lowest BCUT2D eigenvalue weighted by Gasteiger charge is -2.28. The van der Waals surface area contributed by atoms with Gasteiger partial charge in [0, 0.05) is 36.8 Å². The standard InChI is InChI=1S/C19H26N4O2.C19H23N3O2.2H2S/c1-13-7-8-16-14(10-13)11-20-17(22-16)21-12-15-6-5-9-23(15)18(24)25-19(2,3)4;1-5-7-13-9-10-14-15(12-13)21-17(20-14)16-8-6-11-22(16)18(23)24-19(2,3)4;;/h7-8,10-11,15H,5-6,9,12H2,1-4H3,(H,20,21,22);9-10,12,16H,6,8,11H2,1-4H3,(H,20,21);2*1H2/t15-;16-;;/m00../s1. The molecule has 13 heteroatoms. The third-order valence-electron chi connectivity index (χ3n) is 8.20. The van der Waals surface area contributed by atoms with Gasteiger partial charge in [-0.15, -0.1) is 5.92 Å². The lowest BCUT2D eigenvalue weighted by Crippen LogP contribution is -2.42. The molecule has 0 spiro atoms. The number of aryl methyl sites for hydroxylation is 1. The van der Waals surface area contributed by atoms with E-state index in [1.54, 1.807) is 4.90 Å². The lowest BCUT2D eigenvalue weighted by molar-refractivity contribution is 0.0213. The van der Waals surface area contributed by atoms with Crippen LogP contribution >= 0.6 is 27.0 Å². The van der Waals surface area contributed by atoms with Crippen LogP contribution in [0.2, 0.25) is 0 Å². The van der Waals surface area contributed by atoms with Crippen molar-refractivity contribution in [3.63, 3.8) is 0 Å². The van der Waals surface area contributed by atoms with E-state index in [1.807, 2.05) is 89.9 Å². The van der Waals surface area contributed by atoms with Gasteiger partial charge in [0.15, 0.2) is 0 Å². The summed E-state index contributed by atoms with van der Waals surface area (Å²) in [7, 11) is 0. The van der Waals surface area contributed by atoms with Crippen molar-refractivity contribution in [2.45, 2.75) is 104 Å². The van der Waals surface area contributed by atoms with Gasteiger partial charge >= 0.3 is 12.2 Å². The first-order chi connectivity index (χ1) is 23.2. The van der Waals surface area contributed by atoms with E-state index >= 15 is 0 Å². The zero-order chi connectivity index (χ0) is 35.3. The summed E-state index contributed by atoms with van der Waals surface area (Å²) >= 11 is 0. The molecular formula is C38H53N7O4S2. The van der Waals surface area contributed by atoms with Crippen LogP contribution in [0.5, 0.6) is 0 Å². The average Bonchev–Trinajstić information content (AvgIpc) is 3.78. The molecule has 0 aliphatic carbocycles. The van der Waals surface area contributed by atoms with Gasteiger partial charge in [-0.05, 0) is 111 Å². The van der Waals surface area contributed by atoms with Crippen molar-refractivity contribution in [3.05, 3.63) is 59.5 Å². The molecule has 2 aliphatic rings. The molecule has 4 heterocycles. The van der Waals surface area contributed by atoms with Gasteiger partial charge in [-0.3, -0.25) is 4.90 Å². The summed E-state index contributed by atoms with van der Waals surface area (Å²) in [6.07, 6.45) is 5.10. The second kappa shape index (κ2) is 17.4. The van der Waals surface area contributed by atoms with Gasteiger partial charge in [0.25, 0.3) is 0 Å². The van der Waals surface area contributed by atoms with E-state index in [2.05, 4.69) is 50.1 Å². The Kier molecular flexibility index (Phi) is 14.1. The van der Waals surface area contributed by atoms with Crippen LogP contribution in [0.1, 0.15) is 97.1 Å². The van der Waals surface area contributed by atoms with E-state index in [-0.39, 0.29) is 51.3 Å². The molecule has 0 saturated carbocycles. The largest absolute Gasteiger partial charge is 0.444 e. The maximum absolute atomic E-state index is 12.4. The number of imidazole rings is 1. The van der Waals surface area contributed by atoms with Gasteiger partial charge < -0.3 is 24.7 Å². The van der Waals surface area contributed by atoms with Gasteiger partial charge in [0.2, 0.25) is 5.95 Å².